The van der Waals surface area contributed by atoms with Crippen molar-refractivity contribution in [3.63, 3.8) is 0 Å². The minimum Gasteiger partial charge on any atom is -0.399 e. The molecule has 1 rings (SSSR count). The number of nitrogens with zero attached hydrogens (tertiary/aromatic N) is 1. The molecule has 0 N–H and O–H groups in total. The van der Waals surface area contributed by atoms with Crippen molar-refractivity contribution in [2.75, 3.05) is 7.11 Å². The lowest BCUT2D eigenvalue weighted by Gasteiger charge is -2.01. The van der Waals surface area contributed by atoms with Gasteiger partial charge in [-0.25, -0.2) is 0 Å². The summed E-state index contributed by atoms with van der Waals surface area (Å²) in [4.78, 5) is 15.4. The maximum atomic E-state index is 10.9. The van der Waals surface area contributed by atoms with E-state index >= 15 is 0 Å². The van der Waals surface area contributed by atoms with Gasteiger partial charge >= 0.3 is 0 Å². The SMILES string of the molecule is CO/N=C1/C=CC(=O)C(C)=C1. The standard InChI is InChI=1S/C8H9NO2/c1-6-5-7(9-11-2)3-4-8(6)10/h3-5H,1-2H3/b9-7-. The molecule has 0 aromatic heterocycles. The average molecular weight is 151 g/mol. The first-order chi connectivity index (χ1) is 5.24. The molecule has 0 aliphatic heterocycles. The Morgan fingerprint density at radius 2 is 2.18 bits per heavy atom. The highest BCUT2D eigenvalue weighted by Gasteiger charge is 2.06. The number of rotatable bonds is 1. The van der Waals surface area contributed by atoms with Crippen molar-refractivity contribution in [2.45, 2.75) is 6.92 Å². The van der Waals surface area contributed by atoms with E-state index in [0.29, 0.717) is 11.3 Å². The van der Waals surface area contributed by atoms with E-state index in [2.05, 4.69) is 9.99 Å². The van der Waals surface area contributed by atoms with Crippen LogP contribution in [0.2, 0.25) is 0 Å². The van der Waals surface area contributed by atoms with Crippen molar-refractivity contribution in [1.82, 2.24) is 0 Å². The summed E-state index contributed by atoms with van der Waals surface area (Å²) in [5.74, 6) is 0.0278. The summed E-state index contributed by atoms with van der Waals surface area (Å²) in [6, 6.07) is 0. The second-order valence-corrected chi connectivity index (χ2v) is 2.22. The molecule has 0 radical (unpaired) electrons. The predicted octanol–water partition coefficient (Wildman–Crippen LogP) is 1.07. The third kappa shape index (κ3) is 1.77. The summed E-state index contributed by atoms with van der Waals surface area (Å²) in [5.41, 5.74) is 1.35. The minimum absolute atomic E-state index is 0.0278. The number of carbonyl (C=O) groups is 1. The summed E-state index contributed by atoms with van der Waals surface area (Å²) in [7, 11) is 1.47. The lowest BCUT2D eigenvalue weighted by molar-refractivity contribution is -0.111. The largest absolute Gasteiger partial charge is 0.399 e. The molecular weight excluding hydrogens is 142 g/mol. The van der Waals surface area contributed by atoms with Crippen LogP contribution < -0.4 is 0 Å². The second-order valence-electron chi connectivity index (χ2n) is 2.22. The number of hydrogen-bond donors (Lipinski definition) is 0. The van der Waals surface area contributed by atoms with Crippen LogP contribution in [0.1, 0.15) is 6.92 Å². The molecule has 0 spiro atoms. The Hall–Kier alpha value is -1.38. The van der Waals surface area contributed by atoms with Gasteiger partial charge in [-0.05, 0) is 30.7 Å². The lowest BCUT2D eigenvalue weighted by Crippen LogP contribution is -2.05. The van der Waals surface area contributed by atoms with Crippen LogP contribution in [0.3, 0.4) is 0 Å². The van der Waals surface area contributed by atoms with Gasteiger partial charge in [0.15, 0.2) is 5.78 Å². The van der Waals surface area contributed by atoms with Gasteiger partial charge in [-0.2, -0.15) is 0 Å². The van der Waals surface area contributed by atoms with Gasteiger partial charge in [0, 0.05) is 0 Å². The molecule has 1 aliphatic carbocycles. The van der Waals surface area contributed by atoms with Gasteiger partial charge in [-0.1, -0.05) is 5.16 Å². The Morgan fingerprint density at radius 3 is 2.73 bits per heavy atom. The van der Waals surface area contributed by atoms with E-state index in [4.69, 9.17) is 0 Å². The van der Waals surface area contributed by atoms with Gasteiger partial charge in [-0.3, -0.25) is 4.79 Å². The Kier molecular flexibility index (Phi) is 2.21. The van der Waals surface area contributed by atoms with Crippen LogP contribution in [0.5, 0.6) is 0 Å². The maximum absolute atomic E-state index is 10.9. The van der Waals surface area contributed by atoms with Crippen molar-refractivity contribution in [3.8, 4) is 0 Å². The quantitative estimate of drug-likeness (QED) is 0.415. The van der Waals surface area contributed by atoms with Crippen LogP contribution in [0.4, 0.5) is 0 Å². The zero-order chi connectivity index (χ0) is 8.27. The molecule has 58 valence electrons. The fourth-order valence-corrected chi connectivity index (χ4v) is 0.796. The van der Waals surface area contributed by atoms with E-state index in [1.807, 2.05) is 0 Å². The Bertz CT molecular complexity index is 261. The van der Waals surface area contributed by atoms with Crippen LogP contribution in [0, 0.1) is 0 Å². The minimum atomic E-state index is 0.0278. The summed E-state index contributed by atoms with van der Waals surface area (Å²) >= 11 is 0. The van der Waals surface area contributed by atoms with Crippen molar-refractivity contribution >= 4 is 11.5 Å². The number of allylic oxidation sites excluding steroid dienone is 4. The highest BCUT2D eigenvalue weighted by molar-refractivity contribution is 6.18. The summed E-state index contributed by atoms with van der Waals surface area (Å²) in [6.07, 6.45) is 4.79. The zero-order valence-corrected chi connectivity index (χ0v) is 6.50. The molecule has 0 fully saturated rings. The van der Waals surface area contributed by atoms with Crippen molar-refractivity contribution in [1.29, 1.82) is 0 Å². The summed E-state index contributed by atoms with van der Waals surface area (Å²) in [5, 5.41) is 3.67. The summed E-state index contributed by atoms with van der Waals surface area (Å²) < 4.78 is 0. The van der Waals surface area contributed by atoms with E-state index in [1.54, 1.807) is 19.1 Å². The number of carbonyl (C=O) groups excluding carboxylic acids is 1. The molecule has 0 aromatic carbocycles. The van der Waals surface area contributed by atoms with E-state index in [1.165, 1.54) is 13.2 Å². The molecule has 0 atom stereocenters. The third-order valence-electron chi connectivity index (χ3n) is 1.36. The molecule has 3 nitrogen and oxygen atoms in total. The predicted molar refractivity (Wildman–Crippen MR) is 42.3 cm³/mol. The molecule has 0 heterocycles. The van der Waals surface area contributed by atoms with Crippen LogP contribution in [0.15, 0.2) is 29.0 Å². The molecule has 0 saturated heterocycles. The number of ketones is 1. The molecule has 11 heavy (non-hydrogen) atoms. The second kappa shape index (κ2) is 3.14. The first kappa shape index (κ1) is 7.72. The van der Waals surface area contributed by atoms with Gasteiger partial charge in [0.05, 0.1) is 0 Å². The first-order valence-corrected chi connectivity index (χ1v) is 3.26. The fraction of sp³-hybridized carbons (Fsp3) is 0.250. The van der Waals surface area contributed by atoms with Gasteiger partial charge < -0.3 is 4.84 Å². The van der Waals surface area contributed by atoms with Gasteiger partial charge in [-0.15, -0.1) is 0 Å². The van der Waals surface area contributed by atoms with Crippen molar-refractivity contribution in [3.05, 3.63) is 23.8 Å². The van der Waals surface area contributed by atoms with E-state index in [0.717, 1.165) is 0 Å². The van der Waals surface area contributed by atoms with E-state index in [-0.39, 0.29) is 5.78 Å². The van der Waals surface area contributed by atoms with E-state index in [9.17, 15) is 4.79 Å². The van der Waals surface area contributed by atoms with Crippen molar-refractivity contribution < 1.29 is 9.63 Å². The van der Waals surface area contributed by atoms with Gasteiger partial charge in [0.1, 0.15) is 12.8 Å². The topological polar surface area (TPSA) is 38.7 Å². The number of hydrogen-bond acceptors (Lipinski definition) is 3. The van der Waals surface area contributed by atoms with Crippen LogP contribution >= 0.6 is 0 Å². The van der Waals surface area contributed by atoms with E-state index < -0.39 is 0 Å². The number of oxime groups is 1. The molecule has 0 bridgehead atoms. The molecular formula is C8H9NO2. The molecule has 0 aromatic rings. The van der Waals surface area contributed by atoms with Gasteiger partial charge in [0.25, 0.3) is 0 Å². The molecule has 0 unspecified atom stereocenters. The first-order valence-electron chi connectivity index (χ1n) is 3.26. The zero-order valence-electron chi connectivity index (χ0n) is 6.50. The molecule has 0 saturated carbocycles. The third-order valence-corrected chi connectivity index (χ3v) is 1.36. The Morgan fingerprint density at radius 1 is 1.45 bits per heavy atom. The highest BCUT2D eigenvalue weighted by Crippen LogP contribution is 2.04. The van der Waals surface area contributed by atoms with Gasteiger partial charge in [0.2, 0.25) is 0 Å². The lowest BCUT2D eigenvalue weighted by atomic mass is 10.1. The average Bonchev–Trinajstić information content (AvgIpc) is 1.98. The van der Waals surface area contributed by atoms with Crippen LogP contribution in [-0.4, -0.2) is 18.6 Å². The normalized spacial score (nSPS) is 20.4. The van der Waals surface area contributed by atoms with Crippen LogP contribution in [0.25, 0.3) is 0 Å². The van der Waals surface area contributed by atoms with Crippen molar-refractivity contribution in [2.24, 2.45) is 5.16 Å². The molecule has 3 heteroatoms. The fourth-order valence-electron chi connectivity index (χ4n) is 0.796. The summed E-state index contributed by atoms with van der Waals surface area (Å²) in [6.45, 7) is 1.75. The smallest absolute Gasteiger partial charge is 0.181 e. The monoisotopic (exact) mass is 151 g/mol. The highest BCUT2D eigenvalue weighted by atomic mass is 16.6. The molecule has 0 amide bonds. The van der Waals surface area contributed by atoms with Crippen LogP contribution in [-0.2, 0) is 9.63 Å². The Labute approximate surface area is 65.0 Å². The maximum Gasteiger partial charge on any atom is 0.181 e. The molecule has 1 aliphatic rings. The Balaban J connectivity index is 2.85.